The lowest BCUT2D eigenvalue weighted by Gasteiger charge is -2.03. The molecule has 2 aromatic rings. The molecule has 0 fully saturated rings. The summed E-state index contributed by atoms with van der Waals surface area (Å²) in [5.41, 5.74) is 5.45. The Hall–Kier alpha value is -1.36. The van der Waals surface area contributed by atoms with Crippen molar-refractivity contribution in [2.45, 2.75) is 10.8 Å². The van der Waals surface area contributed by atoms with Gasteiger partial charge in [-0.25, -0.2) is 13.1 Å². The maximum Gasteiger partial charge on any atom is 0.250 e. The van der Waals surface area contributed by atoms with Gasteiger partial charge < -0.3 is 10.3 Å². The Morgan fingerprint density at radius 1 is 1.58 bits per heavy atom. The van der Waals surface area contributed by atoms with Gasteiger partial charge in [0.25, 0.3) is 0 Å². The van der Waals surface area contributed by atoms with E-state index < -0.39 is 10.0 Å². The highest BCUT2D eigenvalue weighted by molar-refractivity contribution is 7.91. The molecule has 2 heterocycles. The standard InChI is InChI=1S/C9H11N5O2S3/c1-14-5-11-13-7(14)4-12-19(15,16)8-3-2-6(18-8)9(10)17/h2-3,5,12H,4H2,1H3,(H2,10,17). The van der Waals surface area contributed by atoms with E-state index in [2.05, 4.69) is 14.9 Å². The molecule has 7 nitrogen and oxygen atoms in total. The van der Waals surface area contributed by atoms with E-state index in [0.29, 0.717) is 10.7 Å². The first-order valence-electron chi connectivity index (χ1n) is 5.12. The van der Waals surface area contributed by atoms with Gasteiger partial charge in [-0.2, -0.15) is 0 Å². The SMILES string of the molecule is Cn1cnnc1CNS(=O)(=O)c1ccc(C(N)=S)s1. The van der Waals surface area contributed by atoms with Crippen LogP contribution in [0.25, 0.3) is 0 Å². The van der Waals surface area contributed by atoms with Crippen LogP contribution in [0, 0.1) is 0 Å². The summed E-state index contributed by atoms with van der Waals surface area (Å²) in [7, 11) is -1.86. The monoisotopic (exact) mass is 317 g/mol. The first-order valence-corrected chi connectivity index (χ1v) is 7.83. The fourth-order valence-corrected chi connectivity index (χ4v) is 3.67. The van der Waals surface area contributed by atoms with Gasteiger partial charge in [0, 0.05) is 7.05 Å². The summed E-state index contributed by atoms with van der Waals surface area (Å²) in [5.74, 6) is 0.523. The van der Waals surface area contributed by atoms with Crippen molar-refractivity contribution in [3.05, 3.63) is 29.2 Å². The van der Waals surface area contributed by atoms with Crippen molar-refractivity contribution in [2.24, 2.45) is 12.8 Å². The second-order valence-electron chi connectivity index (χ2n) is 3.67. The van der Waals surface area contributed by atoms with Gasteiger partial charge in [0.05, 0.1) is 11.4 Å². The Morgan fingerprint density at radius 3 is 2.84 bits per heavy atom. The summed E-state index contributed by atoms with van der Waals surface area (Å²) in [6, 6.07) is 3.06. The van der Waals surface area contributed by atoms with Crippen molar-refractivity contribution >= 4 is 38.6 Å². The summed E-state index contributed by atoms with van der Waals surface area (Å²) in [6.45, 7) is 0.0686. The second-order valence-corrected chi connectivity index (χ2v) is 7.18. The quantitative estimate of drug-likeness (QED) is 0.752. The molecule has 0 aliphatic rings. The largest absolute Gasteiger partial charge is 0.389 e. The van der Waals surface area contributed by atoms with E-state index in [0.717, 1.165) is 11.3 Å². The molecule has 0 unspecified atom stereocenters. The predicted molar refractivity (Wildman–Crippen MR) is 75.2 cm³/mol. The zero-order valence-electron chi connectivity index (χ0n) is 9.90. The lowest BCUT2D eigenvalue weighted by atomic mass is 10.5. The molecule has 2 rings (SSSR count). The van der Waals surface area contributed by atoms with Crippen LogP contribution >= 0.6 is 23.6 Å². The van der Waals surface area contributed by atoms with Crippen LogP contribution in [0.5, 0.6) is 0 Å². The number of hydrogen-bond donors (Lipinski definition) is 2. The van der Waals surface area contributed by atoms with Crippen LogP contribution < -0.4 is 10.5 Å². The number of nitrogens with two attached hydrogens (primary N) is 1. The Labute approximate surface area is 119 Å². The van der Waals surface area contributed by atoms with Crippen molar-refractivity contribution in [2.75, 3.05) is 0 Å². The van der Waals surface area contributed by atoms with Crippen LogP contribution in [0.1, 0.15) is 10.7 Å². The van der Waals surface area contributed by atoms with E-state index >= 15 is 0 Å². The summed E-state index contributed by atoms with van der Waals surface area (Å²) in [6.07, 6.45) is 1.50. The molecule has 102 valence electrons. The smallest absolute Gasteiger partial charge is 0.250 e. The normalized spacial score (nSPS) is 11.6. The summed E-state index contributed by atoms with van der Waals surface area (Å²) in [5, 5.41) is 7.46. The van der Waals surface area contributed by atoms with E-state index in [-0.39, 0.29) is 15.7 Å². The van der Waals surface area contributed by atoms with Gasteiger partial charge in [-0.3, -0.25) is 0 Å². The van der Waals surface area contributed by atoms with Gasteiger partial charge in [0.15, 0.2) is 0 Å². The molecular formula is C9H11N5O2S3. The summed E-state index contributed by atoms with van der Waals surface area (Å²) in [4.78, 5) is 0.744. The van der Waals surface area contributed by atoms with E-state index in [4.69, 9.17) is 18.0 Å². The number of thiocarbonyl (C=S) groups is 1. The maximum absolute atomic E-state index is 12.0. The average Bonchev–Trinajstić information content (AvgIpc) is 2.95. The van der Waals surface area contributed by atoms with E-state index in [1.54, 1.807) is 17.7 Å². The zero-order chi connectivity index (χ0) is 14.0. The van der Waals surface area contributed by atoms with Crippen LogP contribution in [0.2, 0.25) is 0 Å². The Balaban J connectivity index is 2.14. The molecule has 2 aromatic heterocycles. The minimum Gasteiger partial charge on any atom is -0.389 e. The van der Waals surface area contributed by atoms with Crippen molar-refractivity contribution in [1.82, 2.24) is 19.5 Å². The number of nitrogens with one attached hydrogen (secondary N) is 1. The number of aromatic nitrogens is 3. The van der Waals surface area contributed by atoms with Crippen molar-refractivity contribution in [1.29, 1.82) is 0 Å². The Kier molecular flexibility index (Phi) is 3.94. The zero-order valence-corrected chi connectivity index (χ0v) is 12.3. The molecule has 19 heavy (non-hydrogen) atoms. The van der Waals surface area contributed by atoms with Gasteiger partial charge in [-0.05, 0) is 12.1 Å². The molecule has 0 aliphatic carbocycles. The highest BCUT2D eigenvalue weighted by Gasteiger charge is 2.18. The molecule has 0 amide bonds. The van der Waals surface area contributed by atoms with Crippen LogP contribution in [0.4, 0.5) is 0 Å². The molecule has 0 atom stereocenters. The lowest BCUT2D eigenvalue weighted by Crippen LogP contribution is -2.24. The summed E-state index contributed by atoms with van der Waals surface area (Å²) < 4.78 is 28.3. The van der Waals surface area contributed by atoms with Crippen LogP contribution in [-0.2, 0) is 23.6 Å². The second kappa shape index (κ2) is 5.33. The van der Waals surface area contributed by atoms with Gasteiger partial charge in [0.2, 0.25) is 10.0 Å². The molecule has 0 bridgehead atoms. The number of nitrogens with zero attached hydrogens (tertiary/aromatic N) is 3. The first-order chi connectivity index (χ1) is 8.90. The first kappa shape index (κ1) is 14.1. The fraction of sp³-hybridized carbons (Fsp3) is 0.222. The third-order valence-electron chi connectivity index (χ3n) is 2.31. The van der Waals surface area contributed by atoms with Gasteiger partial charge in [0.1, 0.15) is 21.3 Å². The van der Waals surface area contributed by atoms with Crippen LogP contribution in [-0.4, -0.2) is 28.2 Å². The molecular weight excluding hydrogens is 306 g/mol. The van der Waals surface area contributed by atoms with Crippen molar-refractivity contribution < 1.29 is 8.42 Å². The van der Waals surface area contributed by atoms with Gasteiger partial charge >= 0.3 is 0 Å². The number of aryl methyl sites for hydroxylation is 1. The van der Waals surface area contributed by atoms with Crippen molar-refractivity contribution in [3.8, 4) is 0 Å². The van der Waals surface area contributed by atoms with E-state index in [1.807, 2.05) is 0 Å². The number of rotatable bonds is 5. The van der Waals surface area contributed by atoms with E-state index in [1.165, 1.54) is 12.4 Å². The van der Waals surface area contributed by atoms with Crippen molar-refractivity contribution in [3.63, 3.8) is 0 Å². The highest BCUT2D eigenvalue weighted by Crippen LogP contribution is 2.21. The third kappa shape index (κ3) is 3.15. The fourth-order valence-electron chi connectivity index (χ4n) is 1.29. The number of sulfonamides is 1. The average molecular weight is 317 g/mol. The van der Waals surface area contributed by atoms with E-state index in [9.17, 15) is 8.42 Å². The van der Waals surface area contributed by atoms with Crippen LogP contribution in [0.3, 0.4) is 0 Å². The number of thiophene rings is 1. The molecule has 0 saturated heterocycles. The molecule has 0 aliphatic heterocycles. The maximum atomic E-state index is 12.0. The molecule has 0 spiro atoms. The topological polar surface area (TPSA) is 103 Å². The lowest BCUT2D eigenvalue weighted by molar-refractivity contribution is 0.579. The van der Waals surface area contributed by atoms with Gasteiger partial charge in [-0.1, -0.05) is 12.2 Å². The molecule has 10 heteroatoms. The van der Waals surface area contributed by atoms with Gasteiger partial charge in [-0.15, -0.1) is 21.5 Å². The Morgan fingerprint density at radius 2 is 2.32 bits per heavy atom. The molecule has 0 saturated carbocycles. The molecule has 3 N–H and O–H groups in total. The predicted octanol–water partition coefficient (Wildman–Crippen LogP) is -0.0107. The number of hydrogen-bond acceptors (Lipinski definition) is 6. The molecule has 0 radical (unpaired) electrons. The third-order valence-corrected chi connectivity index (χ3v) is 5.68. The highest BCUT2D eigenvalue weighted by atomic mass is 32.2. The summed E-state index contributed by atoms with van der Waals surface area (Å²) >= 11 is 5.83. The van der Waals surface area contributed by atoms with Crippen LogP contribution in [0.15, 0.2) is 22.7 Å². The Bertz CT molecular complexity index is 703. The minimum absolute atomic E-state index is 0.0686. The molecule has 0 aromatic carbocycles. The minimum atomic E-state index is -3.59.